The molecule has 0 aliphatic heterocycles. The second kappa shape index (κ2) is 9.13. The Bertz CT molecular complexity index is 947. The van der Waals surface area contributed by atoms with Crippen LogP contribution in [-0.2, 0) is 0 Å². The topological polar surface area (TPSA) is 109 Å². The number of pyridine rings is 1. The fourth-order valence-electron chi connectivity index (χ4n) is 3.75. The molecule has 0 radical (unpaired) electrons. The number of hydrogen-bond donors (Lipinski definition) is 4. The summed E-state index contributed by atoms with van der Waals surface area (Å²) in [6.45, 7) is 5.73. The van der Waals surface area contributed by atoms with Gasteiger partial charge in [-0.15, -0.1) is 0 Å². The van der Waals surface area contributed by atoms with E-state index in [-0.39, 0.29) is 29.3 Å². The second-order valence-electron chi connectivity index (χ2n) is 7.70. The van der Waals surface area contributed by atoms with Crippen LogP contribution in [0.15, 0.2) is 37.0 Å². The number of carbonyl (C=O) groups is 1. The van der Waals surface area contributed by atoms with Crippen molar-refractivity contribution >= 4 is 28.9 Å². The van der Waals surface area contributed by atoms with E-state index in [9.17, 15) is 9.18 Å². The molecule has 8 heteroatoms. The molecule has 30 heavy (non-hydrogen) atoms. The number of anilines is 4. The van der Waals surface area contributed by atoms with Gasteiger partial charge in [0, 0.05) is 30.5 Å². The summed E-state index contributed by atoms with van der Waals surface area (Å²) in [6.07, 6.45) is 5.55. The van der Waals surface area contributed by atoms with E-state index in [4.69, 9.17) is 11.5 Å². The average molecular weight is 413 g/mol. The summed E-state index contributed by atoms with van der Waals surface area (Å²) in [7, 11) is 1.91. The van der Waals surface area contributed by atoms with E-state index in [0.29, 0.717) is 5.69 Å². The van der Waals surface area contributed by atoms with Crippen molar-refractivity contribution < 1.29 is 9.18 Å². The zero-order valence-electron chi connectivity index (χ0n) is 17.4. The Kier molecular flexibility index (Phi) is 6.56. The lowest BCUT2D eigenvalue weighted by atomic mass is 9.91. The van der Waals surface area contributed by atoms with Gasteiger partial charge in [0.2, 0.25) is 0 Å². The van der Waals surface area contributed by atoms with E-state index in [1.54, 1.807) is 6.20 Å². The van der Waals surface area contributed by atoms with Gasteiger partial charge in [-0.25, -0.2) is 9.37 Å². The number of nitrogens with one attached hydrogen (secondary N) is 2. The maximum absolute atomic E-state index is 14.6. The molecule has 1 aromatic heterocycles. The van der Waals surface area contributed by atoms with Gasteiger partial charge < -0.3 is 27.0 Å². The first-order chi connectivity index (χ1) is 14.3. The molecule has 0 spiro atoms. The summed E-state index contributed by atoms with van der Waals surface area (Å²) in [5.41, 5.74) is 14.3. The standard InChI is InChI=1S/C22H29FN6O/c1-4-29(3)19-10-9-14(11-13(19)2)26-21-15(20(25)30)12-16(23)22(28-21)27-18-8-6-5-7-17(18)24/h4,9-12,17-18H,1,5-8,24H2,2-3H3,(H2,25,30)(H2,26,27,28)/t17-,18+/m0/s1. The van der Waals surface area contributed by atoms with Crippen molar-refractivity contribution in [1.29, 1.82) is 0 Å². The van der Waals surface area contributed by atoms with Crippen LogP contribution in [0.5, 0.6) is 0 Å². The lowest BCUT2D eigenvalue weighted by Gasteiger charge is -2.30. The summed E-state index contributed by atoms with van der Waals surface area (Å²) < 4.78 is 14.6. The SMILES string of the molecule is C=CN(C)c1ccc(Nc2nc(N[C@@H]3CCCC[C@@H]3N)c(F)cc2C(N)=O)cc1C. The van der Waals surface area contributed by atoms with Gasteiger partial charge in [-0.05, 0) is 55.8 Å². The third-order valence-electron chi connectivity index (χ3n) is 5.50. The summed E-state index contributed by atoms with van der Waals surface area (Å²) >= 11 is 0. The molecule has 6 N–H and O–H groups in total. The number of halogens is 1. The molecule has 1 saturated carbocycles. The molecule has 0 bridgehead atoms. The van der Waals surface area contributed by atoms with Crippen molar-refractivity contribution in [3.05, 3.63) is 54.0 Å². The fraction of sp³-hybridized carbons (Fsp3) is 0.364. The van der Waals surface area contributed by atoms with Gasteiger partial charge in [0.05, 0.1) is 5.56 Å². The Labute approximate surface area is 176 Å². The zero-order valence-corrected chi connectivity index (χ0v) is 17.4. The van der Waals surface area contributed by atoms with Crippen LogP contribution in [0, 0.1) is 12.7 Å². The highest BCUT2D eigenvalue weighted by Crippen LogP contribution is 2.29. The van der Waals surface area contributed by atoms with Gasteiger partial charge in [-0.3, -0.25) is 4.79 Å². The smallest absolute Gasteiger partial charge is 0.252 e. The quantitative estimate of drug-likeness (QED) is 0.553. The highest BCUT2D eigenvalue weighted by molar-refractivity contribution is 5.98. The van der Waals surface area contributed by atoms with E-state index in [2.05, 4.69) is 22.2 Å². The Hall–Kier alpha value is -3.13. The molecule has 1 aromatic carbocycles. The van der Waals surface area contributed by atoms with E-state index in [0.717, 1.165) is 43.0 Å². The van der Waals surface area contributed by atoms with Crippen LogP contribution in [-0.4, -0.2) is 30.0 Å². The van der Waals surface area contributed by atoms with Crippen LogP contribution >= 0.6 is 0 Å². The fourth-order valence-corrected chi connectivity index (χ4v) is 3.75. The molecule has 1 aliphatic rings. The third-order valence-corrected chi connectivity index (χ3v) is 5.50. The largest absolute Gasteiger partial charge is 0.365 e. The molecule has 1 heterocycles. The number of aryl methyl sites for hydroxylation is 1. The molecule has 0 unspecified atom stereocenters. The van der Waals surface area contributed by atoms with E-state index in [1.807, 2.05) is 37.1 Å². The Balaban J connectivity index is 1.91. The van der Waals surface area contributed by atoms with Crippen LogP contribution < -0.4 is 27.0 Å². The predicted octanol–water partition coefficient (Wildman–Crippen LogP) is 3.63. The Morgan fingerprint density at radius 3 is 2.67 bits per heavy atom. The van der Waals surface area contributed by atoms with E-state index >= 15 is 0 Å². The lowest BCUT2D eigenvalue weighted by molar-refractivity contribution is 0.100. The number of carbonyl (C=O) groups excluding carboxylic acids is 1. The molecule has 1 amide bonds. The number of hydrogen-bond acceptors (Lipinski definition) is 6. The first kappa shape index (κ1) is 21.6. The van der Waals surface area contributed by atoms with Gasteiger partial charge in [0.15, 0.2) is 11.6 Å². The zero-order chi connectivity index (χ0) is 21.8. The molecular weight excluding hydrogens is 383 g/mol. The molecule has 3 rings (SSSR count). The number of aromatic nitrogens is 1. The number of rotatable bonds is 7. The average Bonchev–Trinajstić information content (AvgIpc) is 2.71. The molecule has 1 aliphatic carbocycles. The first-order valence-electron chi connectivity index (χ1n) is 10.1. The summed E-state index contributed by atoms with van der Waals surface area (Å²) in [6, 6.07) is 6.67. The Morgan fingerprint density at radius 1 is 1.30 bits per heavy atom. The lowest BCUT2D eigenvalue weighted by Crippen LogP contribution is -2.43. The van der Waals surface area contributed by atoms with Crippen molar-refractivity contribution in [2.75, 3.05) is 22.6 Å². The summed E-state index contributed by atoms with van der Waals surface area (Å²) in [5.74, 6) is -1.14. The van der Waals surface area contributed by atoms with Gasteiger partial charge in [0.25, 0.3) is 5.91 Å². The van der Waals surface area contributed by atoms with Crippen molar-refractivity contribution in [3.63, 3.8) is 0 Å². The highest BCUT2D eigenvalue weighted by atomic mass is 19.1. The van der Waals surface area contributed by atoms with E-state index < -0.39 is 11.7 Å². The van der Waals surface area contributed by atoms with Crippen molar-refractivity contribution in [2.24, 2.45) is 11.5 Å². The van der Waals surface area contributed by atoms with Crippen LogP contribution in [0.25, 0.3) is 0 Å². The minimum atomic E-state index is -0.760. The maximum atomic E-state index is 14.6. The molecule has 160 valence electrons. The number of nitrogens with two attached hydrogens (primary N) is 2. The van der Waals surface area contributed by atoms with Crippen molar-refractivity contribution in [1.82, 2.24) is 4.98 Å². The molecule has 2 atom stereocenters. The number of primary amides is 1. The van der Waals surface area contributed by atoms with Gasteiger partial charge in [-0.2, -0.15) is 0 Å². The Morgan fingerprint density at radius 2 is 2.03 bits per heavy atom. The van der Waals surface area contributed by atoms with Gasteiger partial charge in [0.1, 0.15) is 5.82 Å². The number of amides is 1. The van der Waals surface area contributed by atoms with Crippen LogP contribution in [0.1, 0.15) is 41.6 Å². The minimum Gasteiger partial charge on any atom is -0.365 e. The van der Waals surface area contributed by atoms with Crippen molar-refractivity contribution in [3.8, 4) is 0 Å². The molecule has 2 aromatic rings. The predicted molar refractivity (Wildman–Crippen MR) is 120 cm³/mol. The first-order valence-corrected chi connectivity index (χ1v) is 10.1. The van der Waals surface area contributed by atoms with Crippen molar-refractivity contribution in [2.45, 2.75) is 44.7 Å². The van der Waals surface area contributed by atoms with Gasteiger partial charge >= 0.3 is 0 Å². The number of nitrogens with zero attached hydrogens (tertiary/aromatic N) is 2. The van der Waals surface area contributed by atoms with Crippen LogP contribution in [0.4, 0.5) is 27.4 Å². The number of benzene rings is 1. The molecule has 0 saturated heterocycles. The minimum absolute atomic E-state index is 0.0177. The van der Waals surface area contributed by atoms with Crippen LogP contribution in [0.2, 0.25) is 0 Å². The second-order valence-corrected chi connectivity index (χ2v) is 7.70. The highest BCUT2D eigenvalue weighted by Gasteiger charge is 2.24. The molecule has 1 fully saturated rings. The summed E-state index contributed by atoms with van der Waals surface area (Å²) in [4.78, 5) is 18.1. The molecular formula is C22H29FN6O. The van der Waals surface area contributed by atoms with E-state index in [1.165, 1.54) is 0 Å². The normalized spacial score (nSPS) is 18.5. The maximum Gasteiger partial charge on any atom is 0.252 e. The van der Waals surface area contributed by atoms with Gasteiger partial charge in [-0.1, -0.05) is 19.4 Å². The van der Waals surface area contributed by atoms with Crippen LogP contribution in [0.3, 0.4) is 0 Å². The monoisotopic (exact) mass is 412 g/mol. The molecule has 7 nitrogen and oxygen atoms in total. The third kappa shape index (κ3) is 4.71. The summed E-state index contributed by atoms with van der Waals surface area (Å²) in [5, 5.41) is 6.21.